The molecule has 3 rings (SSSR count). The third-order valence-corrected chi connectivity index (χ3v) is 5.19. The van der Waals surface area contributed by atoms with Crippen molar-refractivity contribution >= 4 is 5.91 Å². The highest BCUT2D eigenvalue weighted by Crippen LogP contribution is 2.40. The molecule has 1 amide bonds. The van der Waals surface area contributed by atoms with Crippen LogP contribution >= 0.6 is 0 Å². The van der Waals surface area contributed by atoms with Crippen LogP contribution in [0.25, 0.3) is 0 Å². The fraction of sp³-hybridized carbons (Fsp3) is 0.611. The topological polar surface area (TPSA) is 32.8 Å². The minimum absolute atomic E-state index is 0.166. The zero-order valence-electron chi connectivity index (χ0n) is 13.7. The Hall–Kier alpha value is -1.55. The Labute approximate surface area is 133 Å². The van der Waals surface area contributed by atoms with Gasteiger partial charge in [-0.05, 0) is 76.0 Å². The molecule has 1 aromatic rings. The van der Waals surface area contributed by atoms with Crippen LogP contribution in [0.2, 0.25) is 0 Å². The fourth-order valence-electron chi connectivity index (χ4n) is 3.65. The minimum Gasteiger partial charge on any atom is -0.494 e. The molecule has 4 nitrogen and oxygen atoms in total. The largest absolute Gasteiger partial charge is 0.494 e. The van der Waals surface area contributed by atoms with Gasteiger partial charge in [-0.1, -0.05) is 0 Å². The molecule has 22 heavy (non-hydrogen) atoms. The molecule has 0 radical (unpaired) electrons. The molecule has 1 spiro atoms. The third kappa shape index (κ3) is 3.12. The second-order valence-electron chi connectivity index (χ2n) is 6.74. The van der Waals surface area contributed by atoms with E-state index in [1.54, 1.807) is 0 Å². The summed E-state index contributed by atoms with van der Waals surface area (Å²) in [5, 5.41) is 0. The van der Waals surface area contributed by atoms with Crippen LogP contribution < -0.4 is 4.74 Å². The molecule has 2 heterocycles. The Bertz CT molecular complexity index is 518. The second-order valence-corrected chi connectivity index (χ2v) is 6.74. The maximum atomic E-state index is 12.7. The molecule has 0 unspecified atom stereocenters. The van der Waals surface area contributed by atoms with E-state index in [-0.39, 0.29) is 5.91 Å². The molecule has 2 fully saturated rings. The van der Waals surface area contributed by atoms with Gasteiger partial charge in [0.25, 0.3) is 5.91 Å². The number of carbonyl (C=O) groups is 1. The van der Waals surface area contributed by atoms with E-state index >= 15 is 0 Å². The van der Waals surface area contributed by atoms with Crippen molar-refractivity contribution in [1.29, 1.82) is 0 Å². The van der Waals surface area contributed by atoms with E-state index in [1.165, 1.54) is 12.8 Å². The van der Waals surface area contributed by atoms with E-state index < -0.39 is 0 Å². The van der Waals surface area contributed by atoms with Crippen LogP contribution in [-0.2, 0) is 0 Å². The number of ether oxygens (including phenoxy) is 1. The van der Waals surface area contributed by atoms with Gasteiger partial charge in [0.05, 0.1) is 6.61 Å². The Balaban J connectivity index is 1.63. The van der Waals surface area contributed by atoms with Crippen LogP contribution in [0.5, 0.6) is 5.75 Å². The summed E-state index contributed by atoms with van der Waals surface area (Å²) in [6.45, 7) is 6.75. The van der Waals surface area contributed by atoms with Crippen molar-refractivity contribution in [3.05, 3.63) is 29.8 Å². The molecule has 0 saturated carbocycles. The number of hydrogen-bond donors (Lipinski definition) is 0. The molecule has 4 heteroatoms. The predicted molar refractivity (Wildman–Crippen MR) is 87.3 cm³/mol. The predicted octanol–water partition coefficient (Wildman–Crippen LogP) is 2.64. The van der Waals surface area contributed by atoms with Crippen molar-refractivity contribution in [2.45, 2.75) is 26.2 Å². The number of amides is 1. The molecule has 0 aliphatic carbocycles. The zero-order valence-corrected chi connectivity index (χ0v) is 13.7. The lowest BCUT2D eigenvalue weighted by atomic mass is 9.78. The van der Waals surface area contributed by atoms with Gasteiger partial charge in [-0.25, -0.2) is 0 Å². The molecule has 1 aromatic carbocycles. The summed E-state index contributed by atoms with van der Waals surface area (Å²) in [5.74, 6) is 0.992. The number of carbonyl (C=O) groups excluding carboxylic acids is 1. The number of rotatable bonds is 3. The SMILES string of the molecule is CCOc1ccc(C(=O)N2CCC3(CCN(C)CC3)C2)cc1. The Morgan fingerprint density at radius 3 is 2.41 bits per heavy atom. The van der Waals surface area contributed by atoms with E-state index in [2.05, 4.69) is 11.9 Å². The lowest BCUT2D eigenvalue weighted by Crippen LogP contribution is -2.40. The number of benzene rings is 1. The second kappa shape index (κ2) is 6.29. The maximum absolute atomic E-state index is 12.7. The maximum Gasteiger partial charge on any atom is 0.253 e. The molecule has 0 aromatic heterocycles. The van der Waals surface area contributed by atoms with Crippen molar-refractivity contribution in [2.75, 3.05) is 39.8 Å². The summed E-state index contributed by atoms with van der Waals surface area (Å²) in [6, 6.07) is 7.54. The first-order valence-electron chi connectivity index (χ1n) is 8.33. The van der Waals surface area contributed by atoms with Crippen LogP contribution in [0.15, 0.2) is 24.3 Å². The molecular weight excluding hydrogens is 276 g/mol. The molecule has 0 atom stereocenters. The van der Waals surface area contributed by atoms with Gasteiger partial charge in [0.15, 0.2) is 0 Å². The Kier molecular flexibility index (Phi) is 4.39. The summed E-state index contributed by atoms with van der Waals surface area (Å²) in [5.41, 5.74) is 1.14. The van der Waals surface area contributed by atoms with Gasteiger partial charge in [0.2, 0.25) is 0 Å². The lowest BCUT2D eigenvalue weighted by molar-refractivity contribution is 0.0736. The van der Waals surface area contributed by atoms with E-state index in [9.17, 15) is 4.79 Å². The lowest BCUT2D eigenvalue weighted by Gasteiger charge is -2.37. The summed E-state index contributed by atoms with van der Waals surface area (Å²) < 4.78 is 5.44. The summed E-state index contributed by atoms with van der Waals surface area (Å²) in [4.78, 5) is 17.1. The monoisotopic (exact) mass is 302 g/mol. The molecular formula is C18H26N2O2. The standard InChI is InChI=1S/C18H26N2O2/c1-3-22-16-6-4-15(5-7-16)17(21)20-13-10-18(14-20)8-11-19(2)12-9-18/h4-7H,3,8-14H2,1-2H3. The van der Waals surface area contributed by atoms with Crippen LogP contribution in [0, 0.1) is 5.41 Å². The Morgan fingerprint density at radius 1 is 1.14 bits per heavy atom. The van der Waals surface area contributed by atoms with E-state index in [1.807, 2.05) is 36.1 Å². The van der Waals surface area contributed by atoms with Gasteiger partial charge in [0.1, 0.15) is 5.75 Å². The smallest absolute Gasteiger partial charge is 0.253 e. The average Bonchev–Trinajstić information content (AvgIpc) is 2.95. The highest BCUT2D eigenvalue weighted by atomic mass is 16.5. The first-order chi connectivity index (χ1) is 10.6. The summed E-state index contributed by atoms with van der Waals surface area (Å²) in [6.07, 6.45) is 3.59. The summed E-state index contributed by atoms with van der Waals surface area (Å²) >= 11 is 0. The van der Waals surface area contributed by atoms with Crippen molar-refractivity contribution in [3.8, 4) is 5.75 Å². The molecule has 0 N–H and O–H groups in total. The third-order valence-electron chi connectivity index (χ3n) is 5.19. The number of piperidine rings is 1. The van der Waals surface area contributed by atoms with Gasteiger partial charge >= 0.3 is 0 Å². The average molecular weight is 302 g/mol. The van der Waals surface area contributed by atoms with Crippen LogP contribution in [0.4, 0.5) is 0 Å². The fourth-order valence-corrected chi connectivity index (χ4v) is 3.65. The quantitative estimate of drug-likeness (QED) is 0.860. The molecule has 0 bridgehead atoms. The van der Waals surface area contributed by atoms with E-state index in [4.69, 9.17) is 4.74 Å². The molecule has 2 saturated heterocycles. The van der Waals surface area contributed by atoms with Crippen molar-refractivity contribution < 1.29 is 9.53 Å². The number of likely N-dealkylation sites (tertiary alicyclic amines) is 2. The first kappa shape index (κ1) is 15.3. The Morgan fingerprint density at radius 2 is 1.77 bits per heavy atom. The highest BCUT2D eigenvalue weighted by Gasteiger charge is 2.41. The molecule has 120 valence electrons. The van der Waals surface area contributed by atoms with Crippen molar-refractivity contribution in [3.63, 3.8) is 0 Å². The molecule has 2 aliphatic heterocycles. The number of hydrogen-bond acceptors (Lipinski definition) is 3. The van der Waals surface area contributed by atoms with Crippen LogP contribution in [0.3, 0.4) is 0 Å². The van der Waals surface area contributed by atoms with Crippen LogP contribution in [0.1, 0.15) is 36.5 Å². The zero-order chi connectivity index (χ0) is 15.6. The first-order valence-corrected chi connectivity index (χ1v) is 8.33. The van der Waals surface area contributed by atoms with Gasteiger partial charge in [0, 0.05) is 18.7 Å². The molecule has 2 aliphatic rings. The van der Waals surface area contributed by atoms with Gasteiger partial charge < -0.3 is 14.5 Å². The van der Waals surface area contributed by atoms with Gasteiger partial charge in [-0.2, -0.15) is 0 Å². The van der Waals surface area contributed by atoms with Crippen LogP contribution in [-0.4, -0.2) is 55.5 Å². The normalized spacial score (nSPS) is 21.3. The van der Waals surface area contributed by atoms with E-state index in [0.29, 0.717) is 12.0 Å². The van der Waals surface area contributed by atoms with Gasteiger partial charge in [-0.15, -0.1) is 0 Å². The van der Waals surface area contributed by atoms with Crippen molar-refractivity contribution in [2.24, 2.45) is 5.41 Å². The minimum atomic E-state index is 0.166. The van der Waals surface area contributed by atoms with Crippen molar-refractivity contribution in [1.82, 2.24) is 9.80 Å². The van der Waals surface area contributed by atoms with E-state index in [0.717, 1.165) is 43.9 Å². The highest BCUT2D eigenvalue weighted by molar-refractivity contribution is 5.94. The van der Waals surface area contributed by atoms with Gasteiger partial charge in [-0.3, -0.25) is 4.79 Å². The summed E-state index contributed by atoms with van der Waals surface area (Å²) in [7, 11) is 2.19. The number of nitrogens with zero attached hydrogens (tertiary/aromatic N) is 2.